The minimum Gasteiger partial charge on any atom is -0.481 e. The number of anilines is 1. The number of nitrogens with zero attached hydrogens (tertiary/aromatic N) is 2. The highest BCUT2D eigenvalue weighted by Gasteiger charge is 2.35. The molecule has 3 aliphatic rings. The maximum absolute atomic E-state index is 10.9. The first-order valence-corrected chi connectivity index (χ1v) is 7.91. The molecule has 2 aromatic rings. The molecule has 1 fully saturated rings. The van der Waals surface area contributed by atoms with E-state index in [0.717, 1.165) is 18.7 Å². The van der Waals surface area contributed by atoms with Gasteiger partial charge < -0.3 is 20.3 Å². The van der Waals surface area contributed by atoms with Crippen LogP contribution in [-0.2, 0) is 11.8 Å². The van der Waals surface area contributed by atoms with E-state index in [0.29, 0.717) is 5.92 Å². The number of carboxylic acids is 1. The highest BCUT2D eigenvalue weighted by molar-refractivity contribution is 5.92. The maximum atomic E-state index is 10.9. The summed E-state index contributed by atoms with van der Waals surface area (Å²) in [5.74, 6) is 1.13. The molecular formula is C17H21N3O2. The SMILES string of the molecule is Cn1c2c(c3cc(C(N)CC(=O)O)ccc31)C1CCN2CC1. The Morgan fingerprint density at radius 2 is 2.14 bits per heavy atom. The number of aliphatic carboxylic acids is 1. The molecule has 1 aromatic carbocycles. The van der Waals surface area contributed by atoms with E-state index in [4.69, 9.17) is 10.8 Å². The van der Waals surface area contributed by atoms with Gasteiger partial charge in [-0.1, -0.05) is 6.07 Å². The first-order valence-electron chi connectivity index (χ1n) is 7.91. The number of carbonyl (C=O) groups is 1. The standard InChI is InChI=1S/C17H21N3O2/c1-19-14-3-2-11(13(18)9-15(21)22)8-12(14)16-10-4-6-20(7-5-10)17(16)19/h2-3,8,10,13H,4-7,9,18H2,1H3,(H,21,22). The quantitative estimate of drug-likeness (QED) is 0.912. The number of fused-ring (bicyclic) bond motifs is 3. The summed E-state index contributed by atoms with van der Waals surface area (Å²) < 4.78 is 2.28. The van der Waals surface area contributed by atoms with Crippen LogP contribution in [0.3, 0.4) is 0 Å². The van der Waals surface area contributed by atoms with Crippen molar-refractivity contribution in [2.75, 3.05) is 18.0 Å². The Balaban J connectivity index is 1.87. The predicted molar refractivity (Wildman–Crippen MR) is 86.3 cm³/mol. The van der Waals surface area contributed by atoms with Crippen LogP contribution in [-0.4, -0.2) is 28.7 Å². The van der Waals surface area contributed by atoms with Gasteiger partial charge in [0.15, 0.2) is 0 Å². The molecule has 3 N–H and O–H groups in total. The lowest BCUT2D eigenvalue weighted by Crippen LogP contribution is -2.39. The fourth-order valence-corrected chi connectivity index (χ4v) is 4.18. The third-order valence-corrected chi connectivity index (χ3v) is 5.26. The van der Waals surface area contributed by atoms with Gasteiger partial charge in [0.05, 0.1) is 6.42 Å². The molecular weight excluding hydrogens is 278 g/mol. The number of aryl methyl sites for hydroxylation is 1. The first kappa shape index (κ1) is 13.6. The topological polar surface area (TPSA) is 71.5 Å². The van der Waals surface area contributed by atoms with E-state index in [2.05, 4.69) is 28.6 Å². The number of nitrogens with two attached hydrogens (primary N) is 1. The molecule has 0 amide bonds. The third kappa shape index (κ3) is 1.85. The van der Waals surface area contributed by atoms with Gasteiger partial charge >= 0.3 is 5.97 Å². The molecule has 1 atom stereocenters. The Kier molecular flexibility index (Phi) is 2.94. The summed E-state index contributed by atoms with van der Waals surface area (Å²) in [4.78, 5) is 13.4. The predicted octanol–water partition coefficient (Wildman–Crippen LogP) is 2.35. The molecule has 0 saturated carbocycles. The van der Waals surface area contributed by atoms with Crippen LogP contribution in [0, 0.1) is 0 Å². The van der Waals surface area contributed by atoms with Crippen LogP contribution < -0.4 is 10.6 Å². The Hall–Kier alpha value is -2.01. The Bertz CT molecular complexity index is 757. The number of hydrogen-bond donors (Lipinski definition) is 2. The summed E-state index contributed by atoms with van der Waals surface area (Å²) in [6.07, 6.45) is 2.41. The largest absolute Gasteiger partial charge is 0.481 e. The van der Waals surface area contributed by atoms with Crippen molar-refractivity contribution in [2.24, 2.45) is 12.8 Å². The van der Waals surface area contributed by atoms with Crippen LogP contribution in [0.4, 0.5) is 5.82 Å². The normalized spacial score (nSPS) is 18.7. The van der Waals surface area contributed by atoms with Crippen molar-refractivity contribution >= 4 is 22.7 Å². The van der Waals surface area contributed by atoms with Crippen LogP contribution in [0.2, 0.25) is 0 Å². The minimum atomic E-state index is -0.854. The summed E-state index contributed by atoms with van der Waals surface area (Å²) >= 11 is 0. The summed E-state index contributed by atoms with van der Waals surface area (Å²) in [6.45, 7) is 2.29. The van der Waals surface area contributed by atoms with Crippen molar-refractivity contribution in [1.82, 2.24) is 4.57 Å². The van der Waals surface area contributed by atoms with Gasteiger partial charge in [0, 0.05) is 42.6 Å². The average Bonchev–Trinajstić information content (AvgIpc) is 2.83. The van der Waals surface area contributed by atoms with E-state index in [1.807, 2.05) is 6.07 Å². The van der Waals surface area contributed by atoms with E-state index in [9.17, 15) is 4.79 Å². The van der Waals surface area contributed by atoms with Gasteiger partial charge in [-0.25, -0.2) is 0 Å². The average molecular weight is 299 g/mol. The highest BCUT2D eigenvalue weighted by Crippen LogP contribution is 2.47. The molecule has 5 nitrogen and oxygen atoms in total. The van der Waals surface area contributed by atoms with E-state index in [1.54, 1.807) is 0 Å². The summed E-state index contributed by atoms with van der Waals surface area (Å²) in [6, 6.07) is 5.73. The zero-order valence-corrected chi connectivity index (χ0v) is 12.7. The van der Waals surface area contributed by atoms with E-state index in [-0.39, 0.29) is 6.42 Å². The van der Waals surface area contributed by atoms with E-state index in [1.165, 1.54) is 35.1 Å². The molecule has 3 aliphatic heterocycles. The molecule has 0 aliphatic carbocycles. The van der Waals surface area contributed by atoms with Gasteiger partial charge in [0.25, 0.3) is 0 Å². The van der Waals surface area contributed by atoms with Gasteiger partial charge in [-0.05, 0) is 36.5 Å². The Morgan fingerprint density at radius 3 is 2.82 bits per heavy atom. The summed E-state index contributed by atoms with van der Waals surface area (Å²) in [5, 5.41) is 10.2. The summed E-state index contributed by atoms with van der Waals surface area (Å²) in [5.41, 5.74) is 9.63. The number of aromatic nitrogens is 1. The monoisotopic (exact) mass is 299 g/mol. The molecule has 22 heavy (non-hydrogen) atoms. The van der Waals surface area contributed by atoms with E-state index < -0.39 is 12.0 Å². The van der Waals surface area contributed by atoms with Crippen molar-refractivity contribution in [3.63, 3.8) is 0 Å². The molecule has 1 saturated heterocycles. The van der Waals surface area contributed by atoms with Crippen LogP contribution in [0.1, 0.15) is 42.3 Å². The molecule has 5 rings (SSSR count). The second kappa shape index (κ2) is 4.74. The second-order valence-corrected chi connectivity index (χ2v) is 6.54. The molecule has 1 aromatic heterocycles. The molecule has 0 radical (unpaired) electrons. The van der Waals surface area contributed by atoms with Crippen LogP contribution in [0.5, 0.6) is 0 Å². The number of hydrogen-bond acceptors (Lipinski definition) is 3. The molecule has 1 unspecified atom stereocenters. The Morgan fingerprint density at radius 1 is 1.41 bits per heavy atom. The van der Waals surface area contributed by atoms with Gasteiger partial charge in [0.2, 0.25) is 0 Å². The minimum absolute atomic E-state index is 0.0317. The molecule has 2 bridgehead atoms. The number of benzene rings is 1. The van der Waals surface area contributed by atoms with Crippen molar-refractivity contribution in [3.8, 4) is 0 Å². The lowest BCUT2D eigenvalue weighted by atomic mass is 9.84. The van der Waals surface area contributed by atoms with Crippen molar-refractivity contribution < 1.29 is 9.90 Å². The third-order valence-electron chi connectivity index (χ3n) is 5.26. The number of carboxylic acid groups (broad SMARTS) is 1. The molecule has 0 spiro atoms. The van der Waals surface area contributed by atoms with Crippen molar-refractivity contribution in [3.05, 3.63) is 29.3 Å². The van der Waals surface area contributed by atoms with Crippen molar-refractivity contribution in [1.29, 1.82) is 0 Å². The Labute approximate surface area is 129 Å². The van der Waals surface area contributed by atoms with Gasteiger partial charge in [-0.2, -0.15) is 0 Å². The lowest BCUT2D eigenvalue weighted by Gasteiger charge is -2.41. The maximum Gasteiger partial charge on any atom is 0.305 e. The summed E-state index contributed by atoms with van der Waals surface area (Å²) in [7, 11) is 2.12. The van der Waals surface area contributed by atoms with Crippen LogP contribution in [0.25, 0.3) is 10.9 Å². The van der Waals surface area contributed by atoms with Crippen LogP contribution >= 0.6 is 0 Å². The number of piperidine rings is 1. The number of rotatable bonds is 3. The smallest absolute Gasteiger partial charge is 0.305 e. The molecule has 4 heterocycles. The highest BCUT2D eigenvalue weighted by atomic mass is 16.4. The fraction of sp³-hybridized carbons (Fsp3) is 0.471. The molecule has 5 heteroatoms. The molecule has 116 valence electrons. The zero-order chi connectivity index (χ0) is 15.4. The lowest BCUT2D eigenvalue weighted by molar-refractivity contribution is -0.137. The van der Waals surface area contributed by atoms with Crippen LogP contribution in [0.15, 0.2) is 18.2 Å². The van der Waals surface area contributed by atoms with Gasteiger partial charge in [0.1, 0.15) is 5.82 Å². The van der Waals surface area contributed by atoms with E-state index >= 15 is 0 Å². The first-order chi connectivity index (χ1) is 10.6. The second-order valence-electron chi connectivity index (χ2n) is 6.54. The fourth-order valence-electron chi connectivity index (χ4n) is 4.18. The van der Waals surface area contributed by atoms with Gasteiger partial charge in [-0.3, -0.25) is 4.79 Å². The van der Waals surface area contributed by atoms with Gasteiger partial charge in [-0.15, -0.1) is 0 Å². The van der Waals surface area contributed by atoms with Crippen molar-refractivity contribution in [2.45, 2.75) is 31.2 Å². The zero-order valence-electron chi connectivity index (χ0n) is 12.7.